The maximum absolute atomic E-state index is 9.92. The van der Waals surface area contributed by atoms with Crippen LogP contribution in [0.3, 0.4) is 0 Å². The topological polar surface area (TPSA) is 20.2 Å². The lowest BCUT2D eigenvalue weighted by atomic mass is 10.1. The summed E-state index contributed by atoms with van der Waals surface area (Å²) in [6.07, 6.45) is 1.22. The van der Waals surface area contributed by atoms with E-state index in [1.165, 1.54) is 5.56 Å². The van der Waals surface area contributed by atoms with Gasteiger partial charge in [0, 0.05) is 9.90 Å². The summed E-state index contributed by atoms with van der Waals surface area (Å²) in [4.78, 5) is 1.03. The van der Waals surface area contributed by atoms with Crippen LogP contribution in [0.4, 0.5) is 0 Å². The summed E-state index contributed by atoms with van der Waals surface area (Å²) in [5.41, 5.74) is 1.17. The second-order valence-electron chi connectivity index (χ2n) is 3.70. The monoisotopic (exact) mass is 252 g/mol. The first-order valence-electron chi connectivity index (χ1n) is 5.21. The van der Waals surface area contributed by atoms with Crippen LogP contribution in [0.25, 0.3) is 0 Å². The third kappa shape index (κ3) is 3.08. The third-order valence-electron chi connectivity index (χ3n) is 2.47. The molecule has 1 N–H and O–H groups in total. The van der Waals surface area contributed by atoms with Gasteiger partial charge in [-0.05, 0) is 42.0 Å². The normalized spacial score (nSPS) is 12.6. The van der Waals surface area contributed by atoms with Crippen LogP contribution in [0.2, 0.25) is 5.02 Å². The van der Waals surface area contributed by atoms with Crippen molar-refractivity contribution in [3.05, 3.63) is 57.2 Å². The Kier molecular flexibility index (Phi) is 3.99. The summed E-state index contributed by atoms with van der Waals surface area (Å²) in [7, 11) is 0. The average Bonchev–Trinajstić information content (AvgIpc) is 2.79. The number of hydrogen-bond donors (Lipinski definition) is 1. The van der Waals surface area contributed by atoms with Gasteiger partial charge in [0.2, 0.25) is 0 Å². The largest absolute Gasteiger partial charge is 0.388 e. The van der Waals surface area contributed by atoms with E-state index in [4.69, 9.17) is 11.6 Å². The van der Waals surface area contributed by atoms with Gasteiger partial charge in [-0.3, -0.25) is 0 Å². The molecule has 0 saturated carbocycles. The fraction of sp³-hybridized carbons (Fsp3) is 0.231. The first-order valence-corrected chi connectivity index (χ1v) is 6.47. The molecule has 0 bridgehead atoms. The second-order valence-corrected chi connectivity index (χ2v) is 5.12. The van der Waals surface area contributed by atoms with Crippen molar-refractivity contribution in [1.82, 2.24) is 0 Å². The fourth-order valence-corrected chi connectivity index (χ4v) is 2.58. The molecule has 0 aliphatic rings. The Balaban J connectivity index is 1.92. The minimum atomic E-state index is -0.362. The molecule has 0 amide bonds. The maximum Gasteiger partial charge on any atom is 0.0885 e. The van der Waals surface area contributed by atoms with Crippen molar-refractivity contribution in [2.45, 2.75) is 18.9 Å². The van der Waals surface area contributed by atoms with Crippen LogP contribution >= 0.6 is 22.9 Å². The molecular formula is C13H13ClOS. The van der Waals surface area contributed by atoms with E-state index >= 15 is 0 Å². The molecule has 1 aromatic carbocycles. The summed E-state index contributed by atoms with van der Waals surface area (Å²) in [6, 6.07) is 11.7. The zero-order valence-corrected chi connectivity index (χ0v) is 10.3. The third-order valence-corrected chi connectivity index (χ3v) is 3.68. The van der Waals surface area contributed by atoms with E-state index in [1.807, 2.05) is 41.8 Å². The molecule has 0 aliphatic carbocycles. The summed E-state index contributed by atoms with van der Waals surface area (Å²) in [5, 5.41) is 12.7. The molecular weight excluding hydrogens is 240 g/mol. The molecule has 0 fully saturated rings. The van der Waals surface area contributed by atoms with Gasteiger partial charge in [0.05, 0.1) is 6.10 Å². The molecule has 16 heavy (non-hydrogen) atoms. The van der Waals surface area contributed by atoms with Gasteiger partial charge in [0.25, 0.3) is 0 Å². The van der Waals surface area contributed by atoms with Crippen molar-refractivity contribution < 1.29 is 5.11 Å². The van der Waals surface area contributed by atoms with Crippen LogP contribution < -0.4 is 0 Å². The van der Waals surface area contributed by atoms with Gasteiger partial charge in [0.15, 0.2) is 0 Å². The zero-order valence-electron chi connectivity index (χ0n) is 8.77. The van der Waals surface area contributed by atoms with Crippen molar-refractivity contribution >= 4 is 22.9 Å². The van der Waals surface area contributed by atoms with Crippen LogP contribution in [0.15, 0.2) is 41.8 Å². The fourth-order valence-electron chi connectivity index (χ4n) is 1.62. The van der Waals surface area contributed by atoms with E-state index in [1.54, 1.807) is 11.3 Å². The number of aliphatic hydroxyl groups excluding tert-OH is 1. The Morgan fingerprint density at radius 3 is 2.81 bits per heavy atom. The van der Waals surface area contributed by atoms with Gasteiger partial charge in [0.1, 0.15) is 0 Å². The molecule has 1 heterocycles. The molecule has 3 heteroatoms. The number of rotatable bonds is 4. The molecule has 2 aromatic rings. The lowest BCUT2D eigenvalue weighted by Gasteiger charge is -2.08. The maximum atomic E-state index is 9.92. The highest BCUT2D eigenvalue weighted by atomic mass is 35.5. The van der Waals surface area contributed by atoms with Gasteiger partial charge in [-0.25, -0.2) is 0 Å². The van der Waals surface area contributed by atoms with E-state index in [2.05, 4.69) is 0 Å². The number of aryl methyl sites for hydroxylation is 1. The molecule has 0 radical (unpaired) electrons. The van der Waals surface area contributed by atoms with E-state index in [0.29, 0.717) is 0 Å². The summed E-state index contributed by atoms with van der Waals surface area (Å²) in [5.74, 6) is 0. The van der Waals surface area contributed by atoms with Crippen molar-refractivity contribution in [2.24, 2.45) is 0 Å². The first-order chi connectivity index (χ1) is 7.75. The van der Waals surface area contributed by atoms with Crippen LogP contribution in [-0.4, -0.2) is 5.11 Å². The molecule has 0 spiro atoms. The highest BCUT2D eigenvalue weighted by Crippen LogP contribution is 2.23. The van der Waals surface area contributed by atoms with E-state index in [0.717, 1.165) is 22.7 Å². The highest BCUT2D eigenvalue weighted by Gasteiger charge is 2.08. The Hall–Kier alpha value is -0.830. The van der Waals surface area contributed by atoms with Gasteiger partial charge in [-0.2, -0.15) is 0 Å². The van der Waals surface area contributed by atoms with Crippen molar-refractivity contribution in [3.63, 3.8) is 0 Å². The molecule has 0 unspecified atom stereocenters. The SMILES string of the molecule is O[C@@H](CCc1cccc(Cl)c1)c1cccs1. The molecule has 1 atom stereocenters. The van der Waals surface area contributed by atoms with Crippen LogP contribution in [0.1, 0.15) is 23.0 Å². The lowest BCUT2D eigenvalue weighted by Crippen LogP contribution is -1.97. The smallest absolute Gasteiger partial charge is 0.0885 e. The molecule has 0 aliphatic heterocycles. The second kappa shape index (κ2) is 5.48. The van der Waals surface area contributed by atoms with Gasteiger partial charge in [-0.1, -0.05) is 29.8 Å². The molecule has 1 aromatic heterocycles. The number of halogens is 1. The Morgan fingerprint density at radius 1 is 1.25 bits per heavy atom. The Labute approximate surface area is 104 Å². The minimum absolute atomic E-state index is 0.362. The van der Waals surface area contributed by atoms with Gasteiger partial charge < -0.3 is 5.11 Å². The highest BCUT2D eigenvalue weighted by molar-refractivity contribution is 7.10. The quantitative estimate of drug-likeness (QED) is 0.870. The number of benzene rings is 1. The zero-order chi connectivity index (χ0) is 11.4. The minimum Gasteiger partial charge on any atom is -0.388 e. The average molecular weight is 253 g/mol. The predicted octanol–water partition coefficient (Wildman–Crippen LogP) is 4.07. The van der Waals surface area contributed by atoms with Crippen LogP contribution in [0.5, 0.6) is 0 Å². The summed E-state index contributed by atoms with van der Waals surface area (Å²) >= 11 is 7.49. The Bertz CT molecular complexity index is 439. The number of hydrogen-bond acceptors (Lipinski definition) is 2. The number of aliphatic hydroxyl groups is 1. The summed E-state index contributed by atoms with van der Waals surface area (Å²) < 4.78 is 0. The van der Waals surface area contributed by atoms with E-state index in [9.17, 15) is 5.11 Å². The van der Waals surface area contributed by atoms with Crippen molar-refractivity contribution in [3.8, 4) is 0 Å². The van der Waals surface area contributed by atoms with E-state index < -0.39 is 0 Å². The molecule has 0 saturated heterocycles. The van der Waals surface area contributed by atoms with Gasteiger partial charge in [-0.15, -0.1) is 11.3 Å². The molecule has 1 nitrogen and oxygen atoms in total. The van der Waals surface area contributed by atoms with Crippen molar-refractivity contribution in [1.29, 1.82) is 0 Å². The standard InChI is InChI=1S/C13H13ClOS/c14-11-4-1-3-10(9-11)6-7-12(15)13-5-2-8-16-13/h1-5,8-9,12,15H,6-7H2/t12-/m0/s1. The van der Waals surface area contributed by atoms with Crippen molar-refractivity contribution in [2.75, 3.05) is 0 Å². The van der Waals surface area contributed by atoms with Gasteiger partial charge >= 0.3 is 0 Å². The van der Waals surface area contributed by atoms with Crippen LogP contribution in [0, 0.1) is 0 Å². The first kappa shape index (κ1) is 11.6. The predicted molar refractivity (Wildman–Crippen MR) is 69.1 cm³/mol. The Morgan fingerprint density at radius 2 is 2.12 bits per heavy atom. The number of thiophene rings is 1. The molecule has 2 rings (SSSR count). The molecule has 84 valence electrons. The summed E-state index contributed by atoms with van der Waals surface area (Å²) in [6.45, 7) is 0. The van der Waals surface area contributed by atoms with E-state index in [-0.39, 0.29) is 6.10 Å². The lowest BCUT2D eigenvalue weighted by molar-refractivity contribution is 0.171. The van der Waals surface area contributed by atoms with Crippen LogP contribution in [-0.2, 0) is 6.42 Å².